The van der Waals surface area contributed by atoms with Gasteiger partial charge in [0.15, 0.2) is 0 Å². The van der Waals surface area contributed by atoms with Crippen LogP contribution in [0.1, 0.15) is 35.6 Å². The summed E-state index contributed by atoms with van der Waals surface area (Å²) >= 11 is 5.52. The number of aromatic nitrogens is 3. The number of nitrogens with zero attached hydrogens (tertiary/aromatic N) is 3. The molecule has 0 radical (unpaired) electrons. The Morgan fingerprint density at radius 2 is 2.11 bits per heavy atom. The molecule has 1 aliphatic rings. The van der Waals surface area contributed by atoms with Crippen molar-refractivity contribution < 1.29 is 26.7 Å². The van der Waals surface area contributed by atoms with Gasteiger partial charge in [-0.3, -0.25) is 4.79 Å². The maximum atomic E-state index is 13.2. The van der Waals surface area contributed by atoms with Crippen molar-refractivity contribution in [1.29, 1.82) is 0 Å². The van der Waals surface area contributed by atoms with Crippen molar-refractivity contribution in [2.24, 2.45) is 0 Å². The van der Waals surface area contributed by atoms with E-state index in [0.717, 1.165) is 10.7 Å². The average Bonchev–Trinajstić information content (AvgIpc) is 2.98. The summed E-state index contributed by atoms with van der Waals surface area (Å²) in [6.45, 7) is 1.68. The van der Waals surface area contributed by atoms with Crippen molar-refractivity contribution in [1.82, 2.24) is 14.8 Å². The van der Waals surface area contributed by atoms with Crippen molar-refractivity contribution >= 4 is 29.1 Å². The second kappa shape index (κ2) is 6.95. The van der Waals surface area contributed by atoms with Crippen LogP contribution in [0.3, 0.4) is 0 Å². The molecule has 0 saturated heterocycles. The van der Waals surface area contributed by atoms with E-state index in [4.69, 9.17) is 11.6 Å². The van der Waals surface area contributed by atoms with Gasteiger partial charge in [-0.2, -0.15) is 18.2 Å². The summed E-state index contributed by atoms with van der Waals surface area (Å²) in [6.07, 6.45) is -7.33. The fourth-order valence-electron chi connectivity index (χ4n) is 2.71. The first-order valence-electron chi connectivity index (χ1n) is 7.75. The van der Waals surface area contributed by atoms with Crippen molar-refractivity contribution in [3.05, 3.63) is 34.6 Å². The molecule has 2 heterocycles. The summed E-state index contributed by atoms with van der Waals surface area (Å²) in [5.74, 6) is -1.38. The number of carbonyl (C=O) groups is 1. The molecule has 6 nitrogen and oxygen atoms in total. The van der Waals surface area contributed by atoms with Gasteiger partial charge in [0.25, 0.3) is 12.3 Å². The van der Waals surface area contributed by atoms with Crippen LogP contribution in [0.25, 0.3) is 0 Å². The highest BCUT2D eigenvalue weighted by Gasteiger charge is 2.35. The molecule has 0 bridgehead atoms. The topological polar surface area (TPSA) is 71.8 Å². The van der Waals surface area contributed by atoms with E-state index < -0.39 is 41.0 Å². The van der Waals surface area contributed by atoms with Gasteiger partial charge in [0.2, 0.25) is 11.8 Å². The van der Waals surface area contributed by atoms with Gasteiger partial charge in [-0.05, 0) is 31.5 Å². The maximum Gasteiger partial charge on any atom is 0.417 e. The number of nitrogens with one attached hydrogen (secondary N) is 2. The molecule has 0 fully saturated rings. The molecule has 1 amide bonds. The molecule has 146 valence electrons. The Labute approximate surface area is 154 Å². The number of carbonyl (C=O) groups excluding carboxylic acids is 1. The van der Waals surface area contributed by atoms with Crippen LogP contribution in [-0.2, 0) is 6.18 Å². The molecule has 3 rings (SSSR count). The van der Waals surface area contributed by atoms with E-state index in [9.17, 15) is 26.7 Å². The number of fused-ring (bicyclic) bond motifs is 1. The summed E-state index contributed by atoms with van der Waals surface area (Å²) in [7, 11) is 0. The Balaban J connectivity index is 1.85. The maximum absolute atomic E-state index is 13.2. The number of rotatable bonds is 3. The van der Waals surface area contributed by atoms with Gasteiger partial charge in [-0.15, -0.1) is 5.10 Å². The Morgan fingerprint density at radius 1 is 1.41 bits per heavy atom. The first-order chi connectivity index (χ1) is 12.6. The average molecular weight is 410 g/mol. The Kier molecular flexibility index (Phi) is 4.98. The molecule has 12 heteroatoms. The quantitative estimate of drug-likeness (QED) is 0.745. The highest BCUT2D eigenvalue weighted by Crippen LogP contribution is 2.36. The molecule has 2 unspecified atom stereocenters. The molecule has 2 atom stereocenters. The SMILES string of the molecule is CC1CC(C(F)F)n2nc(C(=O)Nc3ccc(Cl)c(C(F)(F)F)c3)nc2N1. The summed E-state index contributed by atoms with van der Waals surface area (Å²) in [5, 5.41) is 8.30. The highest BCUT2D eigenvalue weighted by molar-refractivity contribution is 6.31. The van der Waals surface area contributed by atoms with Gasteiger partial charge in [0.1, 0.15) is 6.04 Å². The van der Waals surface area contributed by atoms with E-state index in [0.29, 0.717) is 6.07 Å². The molecule has 1 aliphatic heterocycles. The lowest BCUT2D eigenvalue weighted by Crippen LogP contribution is -2.33. The molecule has 1 aromatic carbocycles. The van der Waals surface area contributed by atoms with Gasteiger partial charge in [0.05, 0.1) is 10.6 Å². The molecular weight excluding hydrogens is 397 g/mol. The smallest absolute Gasteiger partial charge is 0.352 e. The summed E-state index contributed by atoms with van der Waals surface area (Å²) in [4.78, 5) is 16.1. The minimum Gasteiger partial charge on any atom is -0.352 e. The van der Waals surface area contributed by atoms with Crippen molar-refractivity contribution in [2.45, 2.75) is 38.0 Å². The second-order valence-corrected chi connectivity index (χ2v) is 6.44. The standard InChI is InChI=1S/C15H13ClF5N5O/c1-6-4-10(11(17)18)26-14(22-6)24-12(25-26)13(27)23-7-2-3-9(16)8(5-7)15(19,20)21/h2-3,5-6,10-11H,4H2,1H3,(H,23,27)(H,22,24,25). The number of halogens is 6. The number of hydrogen-bond acceptors (Lipinski definition) is 4. The summed E-state index contributed by atoms with van der Waals surface area (Å²) in [6, 6.07) is 1.27. The minimum atomic E-state index is -4.70. The normalized spacial score (nSPS) is 19.6. The van der Waals surface area contributed by atoms with Crippen LogP contribution < -0.4 is 10.6 Å². The monoisotopic (exact) mass is 409 g/mol. The van der Waals surface area contributed by atoms with Crippen LogP contribution in [0.2, 0.25) is 5.02 Å². The van der Waals surface area contributed by atoms with E-state index in [2.05, 4.69) is 20.7 Å². The Morgan fingerprint density at radius 3 is 2.74 bits per heavy atom. The molecule has 0 saturated carbocycles. The van der Waals surface area contributed by atoms with Gasteiger partial charge >= 0.3 is 6.18 Å². The van der Waals surface area contributed by atoms with E-state index in [-0.39, 0.29) is 24.1 Å². The lowest BCUT2D eigenvalue weighted by Gasteiger charge is -2.28. The Hall–Kier alpha value is -2.43. The predicted octanol–water partition coefficient (Wildman–Crippen LogP) is 4.21. The third-order valence-electron chi connectivity index (χ3n) is 3.94. The predicted molar refractivity (Wildman–Crippen MR) is 87.2 cm³/mol. The lowest BCUT2D eigenvalue weighted by atomic mass is 10.1. The highest BCUT2D eigenvalue weighted by atomic mass is 35.5. The molecule has 2 aromatic rings. The van der Waals surface area contributed by atoms with Gasteiger partial charge in [-0.25, -0.2) is 13.5 Å². The first kappa shape index (κ1) is 19.3. The Bertz CT molecular complexity index is 869. The molecular formula is C15H13ClF5N5O. The zero-order valence-electron chi connectivity index (χ0n) is 13.7. The zero-order chi connectivity index (χ0) is 19.9. The fraction of sp³-hybridized carbons (Fsp3) is 0.400. The second-order valence-electron chi connectivity index (χ2n) is 6.03. The van der Waals surface area contributed by atoms with Crippen molar-refractivity contribution in [3.8, 4) is 0 Å². The molecule has 1 aromatic heterocycles. The van der Waals surface area contributed by atoms with E-state index >= 15 is 0 Å². The van der Waals surface area contributed by atoms with Crippen molar-refractivity contribution in [2.75, 3.05) is 10.6 Å². The van der Waals surface area contributed by atoms with Crippen LogP contribution in [0.5, 0.6) is 0 Å². The van der Waals surface area contributed by atoms with Crippen LogP contribution >= 0.6 is 11.6 Å². The third-order valence-corrected chi connectivity index (χ3v) is 4.27. The summed E-state index contributed by atoms with van der Waals surface area (Å²) < 4.78 is 66.0. The number of hydrogen-bond donors (Lipinski definition) is 2. The van der Waals surface area contributed by atoms with Gasteiger partial charge < -0.3 is 10.6 Å². The molecule has 0 aliphatic carbocycles. The zero-order valence-corrected chi connectivity index (χ0v) is 14.4. The number of benzene rings is 1. The van der Waals surface area contributed by atoms with E-state index in [1.54, 1.807) is 6.92 Å². The van der Waals surface area contributed by atoms with Crippen LogP contribution in [0.15, 0.2) is 18.2 Å². The van der Waals surface area contributed by atoms with Gasteiger partial charge in [-0.1, -0.05) is 11.6 Å². The van der Waals surface area contributed by atoms with Crippen LogP contribution in [0, 0.1) is 0 Å². The van der Waals surface area contributed by atoms with E-state index in [1.165, 1.54) is 6.07 Å². The molecule has 2 N–H and O–H groups in total. The van der Waals surface area contributed by atoms with Crippen molar-refractivity contribution in [3.63, 3.8) is 0 Å². The van der Waals surface area contributed by atoms with Crippen LogP contribution in [-0.4, -0.2) is 33.1 Å². The number of anilines is 2. The number of amides is 1. The molecule has 0 spiro atoms. The van der Waals surface area contributed by atoms with E-state index in [1.807, 2.05) is 0 Å². The number of alkyl halides is 5. The van der Waals surface area contributed by atoms with Crippen LogP contribution in [0.4, 0.5) is 33.6 Å². The fourth-order valence-corrected chi connectivity index (χ4v) is 2.93. The molecule has 27 heavy (non-hydrogen) atoms. The van der Waals surface area contributed by atoms with Gasteiger partial charge in [0, 0.05) is 11.7 Å². The first-order valence-corrected chi connectivity index (χ1v) is 8.13. The third kappa shape index (κ3) is 3.97. The largest absolute Gasteiger partial charge is 0.417 e. The minimum absolute atomic E-state index is 0.00344. The lowest BCUT2D eigenvalue weighted by molar-refractivity contribution is -0.137. The summed E-state index contributed by atoms with van der Waals surface area (Å²) in [5.41, 5.74) is -1.30.